The Balaban J connectivity index is 3.86. The lowest BCUT2D eigenvalue weighted by molar-refractivity contribution is -0.194. The minimum Gasteiger partial charge on any atom is -0.456 e. The predicted octanol–water partition coefficient (Wildman–Crippen LogP) is 1.59. The Hall–Kier alpha value is -1.48. The number of esters is 2. The number of alkyl halides is 6. The van der Waals surface area contributed by atoms with Gasteiger partial charge in [-0.1, -0.05) is 0 Å². The summed E-state index contributed by atoms with van der Waals surface area (Å²) in [7, 11) is 0. The summed E-state index contributed by atoms with van der Waals surface area (Å²) in [5.74, 6) is -3.23. The summed E-state index contributed by atoms with van der Waals surface area (Å²) in [5, 5.41) is 0. The van der Waals surface area contributed by atoms with Crippen molar-refractivity contribution in [2.45, 2.75) is 18.8 Å². The molecule has 0 atom stereocenters. The van der Waals surface area contributed by atoms with Crippen molar-refractivity contribution >= 4 is 11.9 Å². The van der Waals surface area contributed by atoms with Crippen LogP contribution >= 0.6 is 0 Å². The zero-order valence-electron chi connectivity index (χ0n) is 8.02. The maximum absolute atomic E-state index is 11.5. The van der Waals surface area contributed by atoms with E-state index in [4.69, 9.17) is 0 Å². The fraction of sp³-hybridized carbons (Fsp3) is 0.714. The van der Waals surface area contributed by atoms with Gasteiger partial charge in [0, 0.05) is 0 Å². The third-order valence-electron chi connectivity index (χ3n) is 1.08. The molecule has 0 aliphatic heterocycles. The molecule has 4 nitrogen and oxygen atoms in total. The molecule has 0 fully saturated rings. The fourth-order valence-electron chi connectivity index (χ4n) is 0.545. The summed E-state index contributed by atoms with van der Waals surface area (Å²) in [4.78, 5) is 21.0. The van der Waals surface area contributed by atoms with Gasteiger partial charge in [-0.2, -0.15) is 26.3 Å². The van der Waals surface area contributed by atoms with Crippen LogP contribution in [0.3, 0.4) is 0 Å². The van der Waals surface area contributed by atoms with Crippen molar-refractivity contribution in [3.8, 4) is 0 Å². The van der Waals surface area contributed by atoms with Gasteiger partial charge in [-0.25, -0.2) is 0 Å². The van der Waals surface area contributed by atoms with E-state index in [0.717, 1.165) is 0 Å². The number of ether oxygens (including phenoxy) is 2. The van der Waals surface area contributed by atoms with E-state index in [2.05, 4.69) is 9.47 Å². The first-order valence-electron chi connectivity index (χ1n) is 3.94. The first-order valence-corrected chi connectivity index (χ1v) is 3.94. The lowest BCUT2D eigenvalue weighted by Gasteiger charge is -2.09. The van der Waals surface area contributed by atoms with Crippen molar-refractivity contribution in [1.82, 2.24) is 0 Å². The normalized spacial score (nSPS) is 12.1. The van der Waals surface area contributed by atoms with Crippen molar-refractivity contribution in [2.75, 3.05) is 13.2 Å². The van der Waals surface area contributed by atoms with Crippen LogP contribution in [0.2, 0.25) is 0 Å². The Bertz CT molecular complexity index is 253. The van der Waals surface area contributed by atoms with Crippen LogP contribution in [0.1, 0.15) is 6.42 Å². The molecule has 0 saturated heterocycles. The molecule has 0 aliphatic carbocycles. The summed E-state index contributed by atoms with van der Waals surface area (Å²) in [5.41, 5.74) is 0. The van der Waals surface area contributed by atoms with Crippen LogP contribution in [0.4, 0.5) is 26.3 Å². The highest BCUT2D eigenvalue weighted by molar-refractivity contribution is 5.91. The van der Waals surface area contributed by atoms with E-state index >= 15 is 0 Å². The second-order valence-electron chi connectivity index (χ2n) is 2.73. The standard InChI is InChI=1S/C7H6F6O4/c8-6(9,10)2-16-4(14)1-5(15)17-3-7(11,12)13/h1-3H2. The molecule has 0 aliphatic rings. The lowest BCUT2D eigenvalue weighted by atomic mass is 10.4. The Morgan fingerprint density at radius 1 is 0.765 bits per heavy atom. The molecule has 10 heteroatoms. The maximum atomic E-state index is 11.5. The van der Waals surface area contributed by atoms with Crippen LogP contribution in [0.15, 0.2) is 0 Å². The average molecular weight is 268 g/mol. The van der Waals surface area contributed by atoms with Gasteiger partial charge in [0.1, 0.15) is 6.42 Å². The van der Waals surface area contributed by atoms with Gasteiger partial charge >= 0.3 is 24.3 Å². The molecule has 0 N–H and O–H groups in total. The summed E-state index contributed by atoms with van der Waals surface area (Å²) >= 11 is 0. The van der Waals surface area contributed by atoms with Gasteiger partial charge in [0.15, 0.2) is 13.2 Å². The second kappa shape index (κ2) is 5.73. The molecule has 0 aromatic heterocycles. The summed E-state index contributed by atoms with van der Waals surface area (Å²) in [6, 6.07) is 0. The van der Waals surface area contributed by atoms with Crippen molar-refractivity contribution in [3.63, 3.8) is 0 Å². The minimum atomic E-state index is -4.77. The fourth-order valence-corrected chi connectivity index (χ4v) is 0.545. The van der Waals surface area contributed by atoms with Gasteiger partial charge in [-0.05, 0) is 0 Å². The van der Waals surface area contributed by atoms with Crippen LogP contribution in [-0.4, -0.2) is 37.5 Å². The highest BCUT2D eigenvalue weighted by Crippen LogP contribution is 2.16. The van der Waals surface area contributed by atoms with E-state index in [-0.39, 0.29) is 0 Å². The average Bonchev–Trinajstić information content (AvgIpc) is 2.09. The molecule has 0 saturated carbocycles. The molecule has 0 aromatic carbocycles. The van der Waals surface area contributed by atoms with Gasteiger partial charge in [-0.15, -0.1) is 0 Å². The first kappa shape index (κ1) is 15.5. The van der Waals surface area contributed by atoms with E-state index in [0.29, 0.717) is 0 Å². The Morgan fingerprint density at radius 3 is 1.29 bits per heavy atom. The smallest absolute Gasteiger partial charge is 0.422 e. The van der Waals surface area contributed by atoms with E-state index in [1.807, 2.05) is 0 Å². The Morgan fingerprint density at radius 2 is 1.06 bits per heavy atom. The molecular weight excluding hydrogens is 262 g/mol. The number of hydrogen-bond donors (Lipinski definition) is 0. The molecule has 0 unspecified atom stereocenters. The topological polar surface area (TPSA) is 52.6 Å². The van der Waals surface area contributed by atoms with E-state index in [1.165, 1.54) is 0 Å². The molecule has 0 bridgehead atoms. The van der Waals surface area contributed by atoms with Crippen molar-refractivity contribution in [1.29, 1.82) is 0 Å². The van der Waals surface area contributed by atoms with Crippen LogP contribution in [0, 0.1) is 0 Å². The van der Waals surface area contributed by atoms with Gasteiger partial charge < -0.3 is 9.47 Å². The van der Waals surface area contributed by atoms with Crippen LogP contribution in [-0.2, 0) is 19.1 Å². The molecule has 100 valence electrons. The molecule has 0 radical (unpaired) electrons. The number of carbonyl (C=O) groups is 2. The Kier molecular flexibility index (Phi) is 5.23. The zero-order valence-corrected chi connectivity index (χ0v) is 8.02. The number of rotatable bonds is 4. The molecule has 0 amide bonds. The van der Waals surface area contributed by atoms with Crippen molar-refractivity contribution in [2.24, 2.45) is 0 Å². The zero-order chi connectivity index (χ0) is 13.7. The molecule has 0 heterocycles. The van der Waals surface area contributed by atoms with Crippen molar-refractivity contribution < 1.29 is 45.4 Å². The summed E-state index contributed by atoms with van der Waals surface area (Å²) in [6.45, 7) is -3.84. The highest BCUT2D eigenvalue weighted by atomic mass is 19.4. The highest BCUT2D eigenvalue weighted by Gasteiger charge is 2.32. The monoisotopic (exact) mass is 268 g/mol. The summed E-state index contributed by atoms with van der Waals surface area (Å²) < 4.78 is 76.2. The molecule has 17 heavy (non-hydrogen) atoms. The first-order chi connectivity index (χ1) is 7.49. The third-order valence-corrected chi connectivity index (χ3v) is 1.08. The van der Waals surface area contributed by atoms with E-state index in [9.17, 15) is 35.9 Å². The summed E-state index contributed by atoms with van der Waals surface area (Å²) in [6.07, 6.45) is -10.9. The van der Waals surface area contributed by atoms with Crippen LogP contribution in [0.25, 0.3) is 0 Å². The van der Waals surface area contributed by atoms with Gasteiger partial charge in [-0.3, -0.25) is 9.59 Å². The largest absolute Gasteiger partial charge is 0.456 e. The van der Waals surface area contributed by atoms with Gasteiger partial charge in [0.2, 0.25) is 0 Å². The van der Waals surface area contributed by atoms with E-state index < -0.39 is 43.9 Å². The number of hydrogen-bond acceptors (Lipinski definition) is 4. The SMILES string of the molecule is O=C(CC(=O)OCC(F)(F)F)OCC(F)(F)F. The minimum absolute atomic E-state index is 1.31. The molecular formula is C7H6F6O4. The molecule has 0 spiro atoms. The number of carbonyl (C=O) groups excluding carboxylic acids is 2. The Labute approximate surface area is 90.5 Å². The molecule has 0 aromatic rings. The predicted molar refractivity (Wildman–Crippen MR) is 38.6 cm³/mol. The maximum Gasteiger partial charge on any atom is 0.422 e. The van der Waals surface area contributed by atoms with Gasteiger partial charge in [0.25, 0.3) is 0 Å². The third kappa shape index (κ3) is 10.8. The molecule has 0 rings (SSSR count). The van der Waals surface area contributed by atoms with Crippen LogP contribution in [0.5, 0.6) is 0 Å². The van der Waals surface area contributed by atoms with E-state index in [1.54, 1.807) is 0 Å². The van der Waals surface area contributed by atoms with Crippen LogP contribution < -0.4 is 0 Å². The number of halogens is 6. The lowest BCUT2D eigenvalue weighted by Crippen LogP contribution is -2.24. The second-order valence-corrected chi connectivity index (χ2v) is 2.73. The van der Waals surface area contributed by atoms with Crippen molar-refractivity contribution in [3.05, 3.63) is 0 Å². The van der Waals surface area contributed by atoms with Gasteiger partial charge in [0.05, 0.1) is 0 Å². The quantitative estimate of drug-likeness (QED) is 0.441.